The van der Waals surface area contributed by atoms with Crippen molar-refractivity contribution in [3.05, 3.63) is 24.3 Å². The number of likely N-dealkylation sites (tertiary alicyclic amines) is 1. The second-order valence-corrected chi connectivity index (χ2v) is 9.39. The number of hydrogen-bond acceptors (Lipinski definition) is 3. The topological polar surface area (TPSA) is 66.5 Å². The smallest absolute Gasteiger partial charge is 0.321 e. The van der Waals surface area contributed by atoms with Crippen molar-refractivity contribution in [2.75, 3.05) is 18.4 Å². The Labute approximate surface area is 150 Å². The lowest BCUT2D eigenvalue weighted by Gasteiger charge is -2.25. The van der Waals surface area contributed by atoms with E-state index >= 15 is 0 Å². The van der Waals surface area contributed by atoms with E-state index in [1.165, 1.54) is 19.3 Å². The maximum atomic E-state index is 12.6. The van der Waals surface area contributed by atoms with Crippen LogP contribution in [0.15, 0.2) is 29.2 Å². The first kappa shape index (κ1) is 18.2. The number of carbonyl (C=O) groups excluding carboxylic acids is 1. The van der Waals surface area contributed by atoms with E-state index < -0.39 is 9.84 Å². The first-order chi connectivity index (χ1) is 12.1. The molecule has 25 heavy (non-hydrogen) atoms. The second-order valence-electron chi connectivity index (χ2n) is 7.16. The molecule has 2 fully saturated rings. The molecule has 0 radical (unpaired) electrons. The maximum Gasteiger partial charge on any atom is 0.321 e. The summed E-state index contributed by atoms with van der Waals surface area (Å²) in [5, 5.41) is 2.66. The van der Waals surface area contributed by atoms with Gasteiger partial charge in [0.25, 0.3) is 0 Å². The minimum atomic E-state index is -3.24. The van der Waals surface area contributed by atoms with Gasteiger partial charge < -0.3 is 10.2 Å². The summed E-state index contributed by atoms with van der Waals surface area (Å²) in [6.45, 7) is 1.58. The van der Waals surface area contributed by atoms with E-state index in [0.717, 1.165) is 51.6 Å². The number of carbonyl (C=O) groups is 1. The molecule has 2 aliphatic rings. The van der Waals surface area contributed by atoms with Crippen LogP contribution in [0.1, 0.15) is 57.8 Å². The molecule has 1 heterocycles. The van der Waals surface area contributed by atoms with Gasteiger partial charge in [0.2, 0.25) is 0 Å². The molecule has 138 valence electrons. The lowest BCUT2D eigenvalue weighted by Crippen LogP contribution is -2.37. The number of urea groups is 1. The molecule has 0 spiro atoms. The van der Waals surface area contributed by atoms with Crippen LogP contribution in [0.5, 0.6) is 0 Å². The van der Waals surface area contributed by atoms with Crippen LogP contribution in [-0.4, -0.2) is 37.7 Å². The fourth-order valence-electron chi connectivity index (χ4n) is 3.77. The molecule has 1 saturated carbocycles. The molecular weight excluding hydrogens is 336 g/mol. The molecule has 1 aromatic carbocycles. The Balaban J connectivity index is 1.62. The quantitative estimate of drug-likeness (QED) is 0.874. The molecule has 2 amide bonds. The monoisotopic (exact) mass is 364 g/mol. The van der Waals surface area contributed by atoms with Crippen molar-refractivity contribution in [1.82, 2.24) is 4.90 Å². The van der Waals surface area contributed by atoms with Crippen molar-refractivity contribution in [2.45, 2.75) is 67.9 Å². The van der Waals surface area contributed by atoms with Crippen molar-refractivity contribution in [3.63, 3.8) is 0 Å². The van der Waals surface area contributed by atoms with Crippen LogP contribution < -0.4 is 5.32 Å². The average molecular weight is 365 g/mol. The summed E-state index contributed by atoms with van der Waals surface area (Å²) < 4.78 is 25.2. The van der Waals surface area contributed by atoms with Crippen molar-refractivity contribution < 1.29 is 13.2 Å². The fourth-order valence-corrected chi connectivity index (χ4v) is 5.63. The summed E-state index contributed by atoms with van der Waals surface area (Å²) in [4.78, 5) is 14.6. The lowest BCUT2D eigenvalue weighted by atomic mass is 10.1. The number of anilines is 1. The highest BCUT2D eigenvalue weighted by Crippen LogP contribution is 2.30. The largest absolute Gasteiger partial charge is 0.325 e. The Hall–Kier alpha value is -1.56. The van der Waals surface area contributed by atoms with Gasteiger partial charge in [-0.25, -0.2) is 13.2 Å². The Kier molecular flexibility index (Phi) is 5.99. The first-order valence-corrected chi connectivity index (χ1v) is 11.0. The summed E-state index contributed by atoms with van der Waals surface area (Å²) in [5.74, 6) is 0. The van der Waals surface area contributed by atoms with Gasteiger partial charge in [0.15, 0.2) is 9.84 Å². The van der Waals surface area contributed by atoms with Crippen LogP contribution in [0.25, 0.3) is 0 Å². The van der Waals surface area contributed by atoms with E-state index in [9.17, 15) is 13.2 Å². The van der Waals surface area contributed by atoms with Crippen molar-refractivity contribution >= 4 is 21.6 Å². The number of amides is 2. The van der Waals surface area contributed by atoms with Gasteiger partial charge in [-0.2, -0.15) is 0 Å². The number of benzene rings is 1. The van der Waals surface area contributed by atoms with Gasteiger partial charge in [0.1, 0.15) is 0 Å². The minimum Gasteiger partial charge on any atom is -0.325 e. The third-order valence-corrected chi connectivity index (χ3v) is 7.60. The van der Waals surface area contributed by atoms with Crippen LogP contribution in [0, 0.1) is 0 Å². The predicted octanol–water partition coefficient (Wildman–Crippen LogP) is 4.20. The normalized spacial score (nSPS) is 20.1. The summed E-state index contributed by atoms with van der Waals surface area (Å²) in [6, 6.07) is 6.55. The van der Waals surface area contributed by atoms with Gasteiger partial charge in [0, 0.05) is 18.8 Å². The van der Waals surface area contributed by atoms with E-state index in [0.29, 0.717) is 10.6 Å². The highest BCUT2D eigenvalue weighted by Gasteiger charge is 2.30. The van der Waals surface area contributed by atoms with Gasteiger partial charge in [-0.15, -0.1) is 0 Å². The number of nitrogens with zero attached hydrogens (tertiary/aromatic N) is 1. The highest BCUT2D eigenvalue weighted by atomic mass is 32.2. The van der Waals surface area contributed by atoms with Crippen LogP contribution in [0.4, 0.5) is 10.5 Å². The summed E-state index contributed by atoms with van der Waals surface area (Å²) >= 11 is 0. The van der Waals surface area contributed by atoms with Crippen LogP contribution in [-0.2, 0) is 9.84 Å². The number of sulfone groups is 1. The molecule has 3 rings (SSSR count). The van der Waals surface area contributed by atoms with Gasteiger partial charge in [-0.1, -0.05) is 32.1 Å². The minimum absolute atomic E-state index is 0.0895. The zero-order valence-corrected chi connectivity index (χ0v) is 15.6. The second kappa shape index (κ2) is 8.21. The third-order valence-electron chi connectivity index (χ3n) is 5.32. The third kappa shape index (κ3) is 4.54. The molecule has 1 aromatic rings. The predicted molar refractivity (Wildman–Crippen MR) is 99.6 cm³/mol. The van der Waals surface area contributed by atoms with Gasteiger partial charge in [-0.05, 0) is 49.9 Å². The van der Waals surface area contributed by atoms with Gasteiger partial charge in [0.05, 0.1) is 10.1 Å². The van der Waals surface area contributed by atoms with Crippen LogP contribution >= 0.6 is 0 Å². The Morgan fingerprint density at radius 2 is 1.44 bits per heavy atom. The molecule has 5 nitrogen and oxygen atoms in total. The number of hydrogen-bond donors (Lipinski definition) is 1. The Bertz CT molecular complexity index is 671. The number of nitrogens with one attached hydrogen (secondary N) is 1. The van der Waals surface area contributed by atoms with Crippen molar-refractivity contribution in [3.8, 4) is 0 Å². The molecule has 0 aromatic heterocycles. The van der Waals surface area contributed by atoms with Crippen LogP contribution in [0.2, 0.25) is 0 Å². The molecular formula is C19H28N2O3S. The van der Waals surface area contributed by atoms with Crippen molar-refractivity contribution in [2.24, 2.45) is 0 Å². The van der Waals surface area contributed by atoms with E-state index in [4.69, 9.17) is 0 Å². The van der Waals surface area contributed by atoms with Crippen molar-refractivity contribution in [1.29, 1.82) is 0 Å². The first-order valence-electron chi connectivity index (χ1n) is 9.47. The summed E-state index contributed by atoms with van der Waals surface area (Å²) in [5.41, 5.74) is 0.650. The highest BCUT2D eigenvalue weighted by molar-refractivity contribution is 7.92. The number of rotatable bonds is 3. The van der Waals surface area contributed by atoms with E-state index in [1.54, 1.807) is 24.3 Å². The zero-order valence-electron chi connectivity index (χ0n) is 14.7. The van der Waals surface area contributed by atoms with Crippen LogP contribution in [0.3, 0.4) is 0 Å². The lowest BCUT2D eigenvalue weighted by molar-refractivity contribution is 0.206. The van der Waals surface area contributed by atoms with E-state index in [-0.39, 0.29) is 11.3 Å². The summed E-state index contributed by atoms with van der Waals surface area (Å²) in [6.07, 6.45) is 9.21. The molecule has 1 aliphatic heterocycles. The Morgan fingerprint density at radius 1 is 0.880 bits per heavy atom. The molecule has 6 heteroatoms. The summed E-state index contributed by atoms with van der Waals surface area (Å²) in [7, 11) is -3.24. The van der Waals surface area contributed by atoms with E-state index in [1.807, 2.05) is 4.90 Å². The molecule has 0 unspecified atom stereocenters. The maximum absolute atomic E-state index is 12.6. The SMILES string of the molecule is O=C(Nc1ccc(S(=O)(=O)C2CCCC2)cc1)N1CCCCCCC1. The molecule has 0 bridgehead atoms. The zero-order chi connectivity index (χ0) is 17.7. The molecule has 0 atom stereocenters. The molecule has 1 aliphatic carbocycles. The Morgan fingerprint density at radius 3 is 2.04 bits per heavy atom. The van der Waals surface area contributed by atoms with E-state index in [2.05, 4.69) is 5.32 Å². The van der Waals surface area contributed by atoms with Gasteiger partial charge >= 0.3 is 6.03 Å². The molecule has 1 N–H and O–H groups in total. The fraction of sp³-hybridized carbons (Fsp3) is 0.632. The standard InChI is InChI=1S/C19H28N2O3S/c22-19(21-14-6-2-1-3-7-15-21)20-16-10-12-18(13-11-16)25(23,24)17-8-4-5-9-17/h10-13,17H,1-9,14-15H2,(H,20,22). The average Bonchev–Trinajstić information content (AvgIpc) is 3.10. The molecule has 1 saturated heterocycles. The van der Waals surface area contributed by atoms with Gasteiger partial charge in [-0.3, -0.25) is 0 Å².